The third kappa shape index (κ3) is 7.07. The van der Waals surface area contributed by atoms with E-state index in [9.17, 15) is 9.59 Å². The number of nitrogens with one attached hydrogen (secondary N) is 2. The molecular formula is C24H40BN5O5. The van der Waals surface area contributed by atoms with Crippen LogP contribution in [0.2, 0.25) is 0 Å². The zero-order chi connectivity index (χ0) is 26.0. The van der Waals surface area contributed by atoms with E-state index in [1.165, 1.54) is 0 Å². The maximum atomic E-state index is 12.4. The number of carbonyl (C=O) groups is 2. The van der Waals surface area contributed by atoms with Crippen LogP contribution in [-0.4, -0.2) is 71.6 Å². The molecule has 2 amide bonds. The number of nitrogens with zero attached hydrogens (tertiary/aromatic N) is 3. The molecule has 11 heteroatoms. The van der Waals surface area contributed by atoms with E-state index in [1.807, 2.05) is 27.7 Å². The lowest BCUT2D eigenvalue weighted by Crippen LogP contribution is -2.49. The number of alkyl carbamates (subject to hydrolysis) is 1. The second kappa shape index (κ2) is 10.3. The molecule has 2 fully saturated rings. The Labute approximate surface area is 209 Å². The molecule has 194 valence electrons. The van der Waals surface area contributed by atoms with E-state index in [0.717, 1.165) is 31.4 Å². The van der Waals surface area contributed by atoms with Crippen molar-refractivity contribution in [1.82, 2.24) is 20.6 Å². The van der Waals surface area contributed by atoms with E-state index in [2.05, 4.69) is 25.5 Å². The third-order valence-corrected chi connectivity index (χ3v) is 6.68. The maximum absolute atomic E-state index is 12.4. The molecule has 2 atom stereocenters. The highest BCUT2D eigenvalue weighted by Gasteiger charge is 2.52. The lowest BCUT2D eigenvalue weighted by molar-refractivity contribution is -0.123. The zero-order valence-electron chi connectivity index (χ0n) is 22.3. The first kappa shape index (κ1) is 27.2. The lowest BCUT2D eigenvalue weighted by Gasteiger charge is -2.33. The molecule has 0 aromatic carbocycles. The lowest BCUT2D eigenvalue weighted by atomic mass is 9.81. The van der Waals surface area contributed by atoms with E-state index in [0.29, 0.717) is 12.5 Å². The van der Waals surface area contributed by atoms with Gasteiger partial charge in [0.25, 0.3) is 0 Å². The number of piperidine rings is 1. The van der Waals surface area contributed by atoms with Crippen LogP contribution in [0.4, 0.5) is 10.7 Å². The van der Waals surface area contributed by atoms with Gasteiger partial charge in [-0.1, -0.05) is 0 Å². The average Bonchev–Trinajstić information content (AvgIpc) is 2.98. The van der Waals surface area contributed by atoms with Gasteiger partial charge < -0.3 is 29.6 Å². The van der Waals surface area contributed by atoms with Crippen LogP contribution in [0.5, 0.6) is 0 Å². The smallest absolute Gasteiger partial charge is 0.444 e. The zero-order valence-corrected chi connectivity index (χ0v) is 22.3. The van der Waals surface area contributed by atoms with Crippen LogP contribution >= 0.6 is 0 Å². The van der Waals surface area contributed by atoms with Crippen molar-refractivity contribution in [2.45, 2.75) is 91.1 Å². The van der Waals surface area contributed by atoms with E-state index >= 15 is 0 Å². The summed E-state index contributed by atoms with van der Waals surface area (Å²) in [4.78, 5) is 35.6. The first-order valence-corrected chi connectivity index (χ1v) is 12.4. The molecule has 0 radical (unpaired) electrons. The van der Waals surface area contributed by atoms with E-state index in [1.54, 1.807) is 40.1 Å². The van der Waals surface area contributed by atoms with Gasteiger partial charge in [0, 0.05) is 37.5 Å². The molecule has 0 spiro atoms. The standard InChI is InChI=1S/C24H40BN5O5/c1-16(29-21(32)33-22(2,3)4)19(31)26-12-17-10-9-11-30(15-17)20-27-13-18(14-28-20)25-34-23(5,6)24(7,8)35-25/h13-14,16-17H,9-12,15H2,1-8H3,(H,26,31)(H,29,32)/t16-,17+/m0/s1. The van der Waals surface area contributed by atoms with E-state index < -0.39 is 36.1 Å². The molecule has 0 unspecified atom stereocenters. The number of anilines is 1. The molecule has 2 N–H and O–H groups in total. The molecule has 35 heavy (non-hydrogen) atoms. The van der Waals surface area contributed by atoms with Gasteiger partial charge in [0.1, 0.15) is 11.6 Å². The van der Waals surface area contributed by atoms with Gasteiger partial charge in [-0.15, -0.1) is 0 Å². The summed E-state index contributed by atoms with van der Waals surface area (Å²) in [5.74, 6) is 0.671. The second-order valence-corrected chi connectivity index (χ2v) is 11.5. The predicted molar refractivity (Wildman–Crippen MR) is 135 cm³/mol. The molecule has 2 aliphatic heterocycles. The molecular weight excluding hydrogens is 449 g/mol. The number of carbonyl (C=O) groups excluding carboxylic acids is 2. The summed E-state index contributed by atoms with van der Waals surface area (Å²) >= 11 is 0. The fraction of sp³-hybridized carbons (Fsp3) is 0.750. The summed E-state index contributed by atoms with van der Waals surface area (Å²) < 4.78 is 17.4. The summed E-state index contributed by atoms with van der Waals surface area (Å²) in [5.41, 5.74) is -0.655. The fourth-order valence-corrected chi connectivity index (χ4v) is 3.96. The molecule has 0 saturated carbocycles. The van der Waals surface area contributed by atoms with Crippen molar-refractivity contribution >= 4 is 30.5 Å². The number of aromatic nitrogens is 2. The quantitative estimate of drug-likeness (QED) is 0.584. The van der Waals surface area contributed by atoms with E-state index in [4.69, 9.17) is 14.0 Å². The molecule has 1 aromatic rings. The van der Waals surface area contributed by atoms with Gasteiger partial charge in [-0.05, 0) is 74.1 Å². The van der Waals surface area contributed by atoms with Crippen molar-refractivity contribution in [2.24, 2.45) is 5.92 Å². The molecule has 2 aliphatic rings. The number of hydrogen-bond acceptors (Lipinski definition) is 8. The third-order valence-electron chi connectivity index (χ3n) is 6.68. The summed E-state index contributed by atoms with van der Waals surface area (Å²) in [7, 11) is -0.491. The largest absolute Gasteiger partial charge is 0.498 e. The van der Waals surface area contributed by atoms with Gasteiger partial charge in [0.2, 0.25) is 11.9 Å². The minimum atomic E-state index is -0.685. The molecule has 0 bridgehead atoms. The highest BCUT2D eigenvalue weighted by Crippen LogP contribution is 2.36. The van der Waals surface area contributed by atoms with Crippen molar-refractivity contribution in [3.63, 3.8) is 0 Å². The number of ether oxygens (including phenoxy) is 1. The monoisotopic (exact) mass is 489 g/mol. The Morgan fingerprint density at radius 1 is 1.20 bits per heavy atom. The first-order valence-electron chi connectivity index (χ1n) is 12.4. The Balaban J connectivity index is 1.49. The van der Waals surface area contributed by atoms with Gasteiger partial charge in [-0.25, -0.2) is 14.8 Å². The number of rotatable bonds is 6. The van der Waals surface area contributed by atoms with Gasteiger partial charge in [-0.2, -0.15) is 0 Å². The van der Waals surface area contributed by atoms with Crippen LogP contribution < -0.4 is 21.0 Å². The fourth-order valence-electron chi connectivity index (χ4n) is 3.96. The Hall–Kier alpha value is -2.40. The van der Waals surface area contributed by atoms with Gasteiger partial charge >= 0.3 is 13.2 Å². The molecule has 10 nitrogen and oxygen atoms in total. The van der Waals surface area contributed by atoms with Crippen molar-refractivity contribution in [3.05, 3.63) is 12.4 Å². The van der Waals surface area contributed by atoms with Gasteiger partial charge in [0.05, 0.1) is 11.2 Å². The highest BCUT2D eigenvalue weighted by molar-refractivity contribution is 6.61. The number of hydrogen-bond donors (Lipinski definition) is 2. The molecule has 3 heterocycles. The van der Waals surface area contributed by atoms with Crippen molar-refractivity contribution < 1.29 is 23.6 Å². The molecule has 3 rings (SSSR count). The molecule has 1 aromatic heterocycles. The highest BCUT2D eigenvalue weighted by atomic mass is 16.7. The van der Waals surface area contributed by atoms with Crippen LogP contribution in [0, 0.1) is 5.92 Å². The van der Waals surface area contributed by atoms with Gasteiger partial charge in [0.15, 0.2) is 0 Å². The average molecular weight is 489 g/mol. The topological polar surface area (TPSA) is 115 Å². The molecule has 0 aliphatic carbocycles. The van der Waals surface area contributed by atoms with Crippen LogP contribution in [-0.2, 0) is 18.8 Å². The van der Waals surface area contributed by atoms with Crippen molar-refractivity contribution in [1.29, 1.82) is 0 Å². The minimum Gasteiger partial charge on any atom is -0.444 e. The Kier molecular flexibility index (Phi) is 8.01. The maximum Gasteiger partial charge on any atom is 0.498 e. The Morgan fingerprint density at radius 2 is 1.80 bits per heavy atom. The summed E-state index contributed by atoms with van der Waals surface area (Å²) in [6, 6.07) is -0.685. The Bertz CT molecular complexity index is 887. The number of amides is 2. The normalized spacial score (nSPS) is 22.5. The predicted octanol–water partition coefficient (Wildman–Crippen LogP) is 2.02. The van der Waals surface area contributed by atoms with Crippen LogP contribution in [0.15, 0.2) is 12.4 Å². The first-order chi connectivity index (χ1) is 16.2. The van der Waals surface area contributed by atoms with Crippen LogP contribution in [0.1, 0.15) is 68.2 Å². The van der Waals surface area contributed by atoms with Gasteiger partial charge in [-0.3, -0.25) is 4.79 Å². The Morgan fingerprint density at radius 3 is 2.37 bits per heavy atom. The van der Waals surface area contributed by atoms with Crippen LogP contribution in [0.25, 0.3) is 0 Å². The summed E-state index contributed by atoms with van der Waals surface area (Å²) in [6.45, 7) is 17.2. The van der Waals surface area contributed by atoms with Crippen molar-refractivity contribution in [3.8, 4) is 0 Å². The van der Waals surface area contributed by atoms with E-state index in [-0.39, 0.29) is 11.8 Å². The summed E-state index contributed by atoms with van der Waals surface area (Å²) in [5, 5.41) is 5.52. The SMILES string of the molecule is C[C@H](NC(=O)OC(C)(C)C)C(=O)NC[C@H]1CCCN(c2ncc(B3OC(C)(C)C(C)(C)O3)cn2)C1. The molecule has 2 saturated heterocycles. The van der Waals surface area contributed by atoms with Crippen LogP contribution in [0.3, 0.4) is 0 Å². The minimum absolute atomic E-state index is 0.240. The second-order valence-electron chi connectivity index (χ2n) is 11.5. The van der Waals surface area contributed by atoms with Crippen molar-refractivity contribution in [2.75, 3.05) is 24.5 Å². The summed E-state index contributed by atoms with van der Waals surface area (Å²) in [6.07, 6.45) is 4.90.